The fraction of sp³-hybridized carbons (Fsp3) is 0.143. The summed E-state index contributed by atoms with van der Waals surface area (Å²) in [7, 11) is 0. The van der Waals surface area contributed by atoms with Crippen molar-refractivity contribution in [2.45, 2.75) is 12.7 Å². The molecule has 0 saturated heterocycles. The van der Waals surface area contributed by atoms with Gasteiger partial charge in [0.1, 0.15) is 0 Å². The van der Waals surface area contributed by atoms with Gasteiger partial charge < -0.3 is 5.73 Å². The van der Waals surface area contributed by atoms with Crippen molar-refractivity contribution < 1.29 is 13.2 Å². The Labute approximate surface area is 113 Å². The van der Waals surface area contributed by atoms with E-state index in [0.29, 0.717) is 21.7 Å². The lowest BCUT2D eigenvalue weighted by Crippen LogP contribution is -2.05. The number of hydrogen-bond donors (Lipinski definition) is 1. The summed E-state index contributed by atoms with van der Waals surface area (Å²) in [6, 6.07) is 10.2. The van der Waals surface area contributed by atoms with Gasteiger partial charge in [0.2, 0.25) is 0 Å². The number of hydrogen-bond acceptors (Lipinski definition) is 1. The summed E-state index contributed by atoms with van der Waals surface area (Å²) < 4.78 is 38.1. The molecule has 19 heavy (non-hydrogen) atoms. The Kier molecular flexibility index (Phi) is 3.83. The van der Waals surface area contributed by atoms with Crippen molar-refractivity contribution in [2.24, 2.45) is 5.73 Å². The minimum absolute atomic E-state index is 0.214. The van der Waals surface area contributed by atoms with Gasteiger partial charge in [0.25, 0.3) is 0 Å². The maximum Gasteiger partial charge on any atom is 0.416 e. The summed E-state index contributed by atoms with van der Waals surface area (Å²) in [4.78, 5) is 0. The van der Waals surface area contributed by atoms with Crippen LogP contribution in [0.2, 0.25) is 5.02 Å². The van der Waals surface area contributed by atoms with Gasteiger partial charge >= 0.3 is 6.18 Å². The van der Waals surface area contributed by atoms with Crippen LogP contribution in [0, 0.1) is 0 Å². The Bertz CT molecular complexity index is 593. The smallest absolute Gasteiger partial charge is 0.326 e. The number of rotatable bonds is 2. The molecule has 2 aromatic carbocycles. The quantitative estimate of drug-likeness (QED) is 0.865. The SMILES string of the molecule is NCc1cccc(Cl)c1-c1cccc(C(F)(F)F)c1. The molecule has 0 aliphatic rings. The normalized spacial score (nSPS) is 11.6. The summed E-state index contributed by atoms with van der Waals surface area (Å²) in [5.74, 6) is 0. The zero-order valence-electron chi connectivity index (χ0n) is 9.84. The van der Waals surface area contributed by atoms with Crippen molar-refractivity contribution in [3.8, 4) is 11.1 Å². The first kappa shape index (κ1) is 13.9. The highest BCUT2D eigenvalue weighted by molar-refractivity contribution is 6.33. The maximum absolute atomic E-state index is 12.7. The van der Waals surface area contributed by atoms with E-state index in [1.807, 2.05) is 0 Å². The monoisotopic (exact) mass is 285 g/mol. The van der Waals surface area contributed by atoms with Crippen LogP contribution in [0.5, 0.6) is 0 Å². The van der Waals surface area contributed by atoms with Crippen LogP contribution in [0.15, 0.2) is 42.5 Å². The Morgan fingerprint density at radius 3 is 2.37 bits per heavy atom. The molecular weight excluding hydrogens is 275 g/mol. The summed E-state index contributed by atoms with van der Waals surface area (Å²) in [5, 5.41) is 0.391. The summed E-state index contributed by atoms with van der Waals surface area (Å²) in [6.45, 7) is 0.214. The minimum Gasteiger partial charge on any atom is -0.326 e. The molecular formula is C14H11ClF3N. The summed E-state index contributed by atoms with van der Waals surface area (Å²) in [6.07, 6.45) is -4.37. The van der Waals surface area contributed by atoms with E-state index in [1.165, 1.54) is 6.07 Å². The maximum atomic E-state index is 12.7. The molecule has 2 rings (SSSR count). The summed E-state index contributed by atoms with van der Waals surface area (Å²) >= 11 is 6.07. The predicted octanol–water partition coefficient (Wildman–Crippen LogP) is 4.48. The van der Waals surface area contributed by atoms with E-state index >= 15 is 0 Å². The van der Waals surface area contributed by atoms with Crippen LogP contribution in [-0.4, -0.2) is 0 Å². The highest BCUT2D eigenvalue weighted by atomic mass is 35.5. The first-order valence-electron chi connectivity index (χ1n) is 5.58. The molecule has 0 spiro atoms. The minimum atomic E-state index is -4.37. The fourth-order valence-corrected chi connectivity index (χ4v) is 2.22. The molecule has 0 heterocycles. The van der Waals surface area contributed by atoms with Crippen molar-refractivity contribution in [3.63, 3.8) is 0 Å². The van der Waals surface area contributed by atoms with Crippen LogP contribution in [0.25, 0.3) is 11.1 Å². The largest absolute Gasteiger partial charge is 0.416 e. The molecule has 0 bridgehead atoms. The van der Waals surface area contributed by atoms with Crippen molar-refractivity contribution in [2.75, 3.05) is 0 Å². The molecule has 0 unspecified atom stereocenters. The average Bonchev–Trinajstić information content (AvgIpc) is 2.37. The molecule has 2 N–H and O–H groups in total. The van der Waals surface area contributed by atoms with Gasteiger partial charge in [0.15, 0.2) is 0 Å². The van der Waals surface area contributed by atoms with Crippen LogP contribution in [0.4, 0.5) is 13.2 Å². The highest BCUT2D eigenvalue weighted by Gasteiger charge is 2.30. The van der Waals surface area contributed by atoms with E-state index < -0.39 is 11.7 Å². The molecule has 0 atom stereocenters. The van der Waals surface area contributed by atoms with Crippen LogP contribution >= 0.6 is 11.6 Å². The van der Waals surface area contributed by atoms with E-state index in [4.69, 9.17) is 17.3 Å². The van der Waals surface area contributed by atoms with Crippen molar-refractivity contribution >= 4 is 11.6 Å². The lowest BCUT2D eigenvalue weighted by molar-refractivity contribution is -0.137. The van der Waals surface area contributed by atoms with Gasteiger partial charge in [-0.15, -0.1) is 0 Å². The number of halogens is 4. The van der Waals surface area contributed by atoms with Gasteiger partial charge in [0.05, 0.1) is 5.56 Å². The zero-order valence-corrected chi connectivity index (χ0v) is 10.6. The Morgan fingerprint density at radius 2 is 1.74 bits per heavy atom. The fourth-order valence-electron chi connectivity index (χ4n) is 1.91. The molecule has 0 aromatic heterocycles. The molecule has 0 amide bonds. The predicted molar refractivity (Wildman–Crippen MR) is 69.8 cm³/mol. The highest BCUT2D eigenvalue weighted by Crippen LogP contribution is 2.35. The lowest BCUT2D eigenvalue weighted by Gasteiger charge is -2.13. The number of nitrogens with two attached hydrogens (primary N) is 1. The van der Waals surface area contributed by atoms with Gasteiger partial charge in [0, 0.05) is 17.1 Å². The second-order valence-corrected chi connectivity index (χ2v) is 4.46. The number of alkyl halides is 3. The Balaban J connectivity index is 2.60. The standard InChI is InChI=1S/C14H11ClF3N/c15-12-6-2-4-10(8-19)13(12)9-3-1-5-11(7-9)14(16,17)18/h1-7H,8,19H2. The zero-order chi connectivity index (χ0) is 14.0. The third-order valence-electron chi connectivity index (χ3n) is 2.80. The molecule has 2 aromatic rings. The molecule has 100 valence electrons. The Morgan fingerprint density at radius 1 is 1.05 bits per heavy atom. The van der Waals surface area contributed by atoms with E-state index in [0.717, 1.165) is 12.1 Å². The van der Waals surface area contributed by atoms with Gasteiger partial charge in [-0.25, -0.2) is 0 Å². The number of benzene rings is 2. The van der Waals surface area contributed by atoms with Crippen LogP contribution in [0.1, 0.15) is 11.1 Å². The van der Waals surface area contributed by atoms with Crippen LogP contribution < -0.4 is 5.73 Å². The van der Waals surface area contributed by atoms with Gasteiger partial charge in [-0.05, 0) is 29.3 Å². The second-order valence-electron chi connectivity index (χ2n) is 4.06. The van der Waals surface area contributed by atoms with E-state index in [-0.39, 0.29) is 6.54 Å². The van der Waals surface area contributed by atoms with E-state index in [9.17, 15) is 13.2 Å². The average molecular weight is 286 g/mol. The Hall–Kier alpha value is -1.52. The van der Waals surface area contributed by atoms with E-state index in [2.05, 4.69) is 0 Å². The van der Waals surface area contributed by atoms with Crippen LogP contribution in [0.3, 0.4) is 0 Å². The van der Waals surface area contributed by atoms with Crippen molar-refractivity contribution in [3.05, 3.63) is 58.6 Å². The molecule has 0 fully saturated rings. The third-order valence-corrected chi connectivity index (χ3v) is 3.11. The molecule has 0 radical (unpaired) electrons. The van der Waals surface area contributed by atoms with Crippen molar-refractivity contribution in [1.82, 2.24) is 0 Å². The molecule has 5 heteroatoms. The molecule has 0 aliphatic heterocycles. The van der Waals surface area contributed by atoms with Gasteiger partial charge in [-0.3, -0.25) is 0 Å². The first-order valence-corrected chi connectivity index (χ1v) is 5.96. The van der Waals surface area contributed by atoms with E-state index in [1.54, 1.807) is 24.3 Å². The lowest BCUT2D eigenvalue weighted by atomic mass is 9.98. The van der Waals surface area contributed by atoms with Crippen LogP contribution in [-0.2, 0) is 12.7 Å². The molecule has 0 aliphatic carbocycles. The first-order chi connectivity index (χ1) is 8.93. The second kappa shape index (κ2) is 5.23. The molecule has 0 saturated carbocycles. The topological polar surface area (TPSA) is 26.0 Å². The third kappa shape index (κ3) is 2.91. The van der Waals surface area contributed by atoms with Crippen molar-refractivity contribution in [1.29, 1.82) is 0 Å². The van der Waals surface area contributed by atoms with Gasteiger partial charge in [-0.2, -0.15) is 13.2 Å². The summed E-state index contributed by atoms with van der Waals surface area (Å²) in [5.41, 5.74) is 6.58. The van der Waals surface area contributed by atoms with Gasteiger partial charge in [-0.1, -0.05) is 35.9 Å². The molecule has 1 nitrogen and oxygen atoms in total.